The predicted octanol–water partition coefficient (Wildman–Crippen LogP) is 4.22. The Balaban J connectivity index is 1.49. The number of nitrogens with zero attached hydrogens (tertiary/aromatic N) is 5. The van der Waals surface area contributed by atoms with Crippen LogP contribution in [0.5, 0.6) is 0 Å². The number of fused-ring (bicyclic) bond motifs is 3. The molecule has 0 unspecified atom stereocenters. The number of hydrogen-bond acceptors (Lipinski definition) is 7. The SMILES string of the molecule is CC(C)(C)OC(=O)N1CCC2(CCc3c2c(=O)n2nc(C4=CCOCC4)nc2n3COCC[Si](C)(C)C)CC1. The third kappa shape index (κ3) is 5.85. The number of likely N-dealkylation sites (tertiary alicyclic amines) is 1. The van der Waals surface area contributed by atoms with Crippen LogP contribution in [0.1, 0.15) is 63.5 Å². The molecule has 1 spiro atoms. The summed E-state index contributed by atoms with van der Waals surface area (Å²) in [5, 5.41) is 4.72. The van der Waals surface area contributed by atoms with Gasteiger partial charge in [0.15, 0.2) is 5.82 Å². The van der Waals surface area contributed by atoms with E-state index in [0.717, 1.165) is 55.0 Å². The van der Waals surface area contributed by atoms with Gasteiger partial charge in [0.2, 0.25) is 5.78 Å². The molecule has 2 aromatic rings. The Labute approximate surface area is 231 Å². The lowest BCUT2D eigenvalue weighted by Gasteiger charge is -2.39. The second-order valence-corrected chi connectivity index (χ2v) is 19.0. The molecule has 0 aromatic carbocycles. The van der Waals surface area contributed by atoms with Crippen LogP contribution < -0.4 is 5.56 Å². The molecular weight excluding hydrogens is 514 g/mol. The van der Waals surface area contributed by atoms with Gasteiger partial charge in [-0.1, -0.05) is 25.7 Å². The summed E-state index contributed by atoms with van der Waals surface area (Å²) < 4.78 is 20.8. The van der Waals surface area contributed by atoms with Crippen molar-refractivity contribution in [1.29, 1.82) is 0 Å². The quantitative estimate of drug-likeness (QED) is 0.387. The second-order valence-electron chi connectivity index (χ2n) is 13.4. The Morgan fingerprint density at radius 1 is 1.15 bits per heavy atom. The van der Waals surface area contributed by atoms with Gasteiger partial charge in [-0.3, -0.25) is 9.36 Å². The maximum absolute atomic E-state index is 14.1. The van der Waals surface area contributed by atoms with E-state index in [9.17, 15) is 9.59 Å². The van der Waals surface area contributed by atoms with Gasteiger partial charge in [0.25, 0.3) is 5.56 Å². The van der Waals surface area contributed by atoms with Crippen LogP contribution in [0.25, 0.3) is 11.4 Å². The molecule has 0 bridgehead atoms. The Morgan fingerprint density at radius 3 is 2.54 bits per heavy atom. The van der Waals surface area contributed by atoms with E-state index >= 15 is 0 Å². The molecule has 1 amide bonds. The Kier molecular flexibility index (Phi) is 7.53. The van der Waals surface area contributed by atoms with Crippen molar-refractivity contribution in [1.82, 2.24) is 24.1 Å². The summed E-state index contributed by atoms with van der Waals surface area (Å²) in [6.07, 6.45) is 5.54. The normalized spacial score (nSPS) is 19.4. The third-order valence-corrected chi connectivity index (χ3v) is 9.77. The lowest BCUT2D eigenvalue weighted by Crippen LogP contribution is -2.47. The first-order chi connectivity index (χ1) is 18.4. The second kappa shape index (κ2) is 10.5. The van der Waals surface area contributed by atoms with Gasteiger partial charge >= 0.3 is 6.09 Å². The van der Waals surface area contributed by atoms with Crippen LogP contribution in [0.15, 0.2) is 10.9 Å². The molecule has 3 aliphatic rings. The van der Waals surface area contributed by atoms with Gasteiger partial charge in [0.05, 0.1) is 13.2 Å². The summed E-state index contributed by atoms with van der Waals surface area (Å²) in [6.45, 7) is 16.0. The zero-order valence-corrected chi connectivity index (χ0v) is 25.3. The van der Waals surface area contributed by atoms with Crippen LogP contribution in [0, 0.1) is 0 Å². The molecule has 4 heterocycles. The maximum atomic E-state index is 14.1. The van der Waals surface area contributed by atoms with Crippen LogP contribution in [0.4, 0.5) is 4.79 Å². The van der Waals surface area contributed by atoms with Crippen LogP contribution in [-0.2, 0) is 32.8 Å². The smallest absolute Gasteiger partial charge is 0.410 e. The molecule has 11 heteroatoms. The van der Waals surface area contributed by atoms with Gasteiger partial charge in [0, 0.05) is 44.4 Å². The molecular formula is C28H43N5O5Si. The van der Waals surface area contributed by atoms with E-state index in [4.69, 9.17) is 24.3 Å². The van der Waals surface area contributed by atoms with Crippen LogP contribution in [0.2, 0.25) is 25.7 Å². The molecule has 2 aromatic heterocycles. The number of amides is 1. The maximum Gasteiger partial charge on any atom is 0.410 e. The molecule has 0 radical (unpaired) electrons. The van der Waals surface area contributed by atoms with Crippen LogP contribution >= 0.6 is 0 Å². The number of carbonyl (C=O) groups excluding carboxylic acids is 1. The monoisotopic (exact) mass is 557 g/mol. The minimum absolute atomic E-state index is 0.0898. The Hall–Kier alpha value is -2.50. The fraction of sp³-hybridized carbons (Fsp3) is 0.714. The van der Waals surface area contributed by atoms with Gasteiger partial charge in [0.1, 0.15) is 12.3 Å². The van der Waals surface area contributed by atoms with Crippen molar-refractivity contribution in [2.24, 2.45) is 0 Å². The van der Waals surface area contributed by atoms with Crippen molar-refractivity contribution in [3.63, 3.8) is 0 Å². The number of rotatable bonds is 6. The summed E-state index contributed by atoms with van der Waals surface area (Å²) in [5.41, 5.74) is 1.93. The summed E-state index contributed by atoms with van der Waals surface area (Å²) in [6, 6.07) is 1.07. The van der Waals surface area contributed by atoms with Gasteiger partial charge in [-0.2, -0.15) is 9.50 Å². The lowest BCUT2D eigenvalue weighted by atomic mass is 9.74. The highest BCUT2D eigenvalue weighted by molar-refractivity contribution is 6.76. The molecule has 1 saturated heterocycles. The molecule has 0 saturated carbocycles. The van der Waals surface area contributed by atoms with Crippen molar-refractivity contribution in [2.45, 2.75) is 96.3 Å². The van der Waals surface area contributed by atoms with Gasteiger partial charge in [-0.05, 0) is 64.5 Å². The number of carbonyl (C=O) groups is 1. The minimum atomic E-state index is -1.24. The van der Waals surface area contributed by atoms with E-state index in [1.54, 1.807) is 4.90 Å². The molecule has 39 heavy (non-hydrogen) atoms. The standard InChI is InChI=1S/C28H43N5O5Si/c1-27(2,3)38-26(35)31-13-11-28(12-14-31)10-7-21-22(28)24(34)33-25(32(21)19-37-17-18-39(4,5)6)29-23(30-33)20-8-15-36-16-9-20/h8H,7,9-19H2,1-6H3. The molecule has 1 fully saturated rings. The minimum Gasteiger partial charge on any atom is -0.444 e. The van der Waals surface area contributed by atoms with Crippen molar-refractivity contribution < 1.29 is 19.0 Å². The van der Waals surface area contributed by atoms with Crippen molar-refractivity contribution in [3.05, 3.63) is 33.5 Å². The summed E-state index contributed by atoms with van der Waals surface area (Å²) >= 11 is 0. The number of aromatic nitrogens is 4. The summed E-state index contributed by atoms with van der Waals surface area (Å²) in [4.78, 5) is 33.4. The molecule has 0 atom stereocenters. The van der Waals surface area contributed by atoms with Crippen molar-refractivity contribution in [3.8, 4) is 0 Å². The first-order valence-corrected chi connectivity index (χ1v) is 17.9. The van der Waals surface area contributed by atoms with E-state index in [1.165, 1.54) is 4.52 Å². The molecule has 5 rings (SSSR count). The zero-order chi connectivity index (χ0) is 28.0. The largest absolute Gasteiger partial charge is 0.444 e. The zero-order valence-electron chi connectivity index (χ0n) is 24.3. The average Bonchev–Trinajstić information content (AvgIpc) is 3.46. The van der Waals surface area contributed by atoms with E-state index < -0.39 is 13.7 Å². The fourth-order valence-electron chi connectivity index (χ4n) is 5.86. The molecule has 1 aliphatic carbocycles. The fourth-order valence-corrected chi connectivity index (χ4v) is 6.61. The van der Waals surface area contributed by atoms with Crippen molar-refractivity contribution >= 4 is 25.5 Å². The summed E-state index contributed by atoms with van der Waals surface area (Å²) in [5.74, 6) is 1.13. The highest BCUT2D eigenvalue weighted by Gasteiger charge is 2.46. The van der Waals surface area contributed by atoms with Gasteiger partial charge in [-0.25, -0.2) is 4.79 Å². The Bertz CT molecular complexity index is 1330. The van der Waals surface area contributed by atoms with E-state index in [2.05, 4.69) is 24.2 Å². The van der Waals surface area contributed by atoms with Gasteiger partial charge < -0.3 is 19.1 Å². The van der Waals surface area contributed by atoms with E-state index in [-0.39, 0.29) is 17.1 Å². The first kappa shape index (κ1) is 28.0. The molecule has 0 N–H and O–H groups in total. The van der Waals surface area contributed by atoms with Crippen LogP contribution in [0.3, 0.4) is 0 Å². The molecule has 10 nitrogen and oxygen atoms in total. The van der Waals surface area contributed by atoms with E-state index in [0.29, 0.717) is 51.2 Å². The first-order valence-electron chi connectivity index (χ1n) is 14.2. The molecule has 214 valence electrons. The van der Waals surface area contributed by atoms with Crippen LogP contribution in [-0.4, -0.2) is 76.7 Å². The average molecular weight is 558 g/mol. The third-order valence-electron chi connectivity index (χ3n) is 8.06. The predicted molar refractivity (Wildman–Crippen MR) is 152 cm³/mol. The highest BCUT2D eigenvalue weighted by atomic mass is 28.3. The van der Waals surface area contributed by atoms with E-state index in [1.807, 2.05) is 26.8 Å². The number of ether oxygens (including phenoxy) is 3. The molecule has 2 aliphatic heterocycles. The topological polar surface area (TPSA) is 100 Å². The van der Waals surface area contributed by atoms with Crippen molar-refractivity contribution in [2.75, 3.05) is 32.9 Å². The highest BCUT2D eigenvalue weighted by Crippen LogP contribution is 2.45. The Morgan fingerprint density at radius 2 is 1.90 bits per heavy atom. The summed E-state index contributed by atoms with van der Waals surface area (Å²) in [7, 11) is -1.24. The number of piperidine rings is 1. The lowest BCUT2D eigenvalue weighted by molar-refractivity contribution is 0.0163. The van der Waals surface area contributed by atoms with Gasteiger partial charge in [-0.15, -0.1) is 5.10 Å². The number of hydrogen-bond donors (Lipinski definition) is 0.